The normalized spacial score (nSPS) is 22.6. The van der Waals surface area contributed by atoms with Gasteiger partial charge in [-0.25, -0.2) is 9.18 Å². The van der Waals surface area contributed by atoms with Gasteiger partial charge in [0.15, 0.2) is 11.6 Å². The van der Waals surface area contributed by atoms with Gasteiger partial charge in [-0.1, -0.05) is 6.07 Å². The number of rotatable bonds is 5. The van der Waals surface area contributed by atoms with Crippen LogP contribution in [0.5, 0.6) is 17.4 Å². The molecule has 2 fully saturated rings. The molecule has 12 heteroatoms. The Labute approximate surface area is 202 Å². The Morgan fingerprint density at radius 2 is 2.00 bits per heavy atom. The molecule has 1 spiro atoms. The number of piperazine rings is 1. The lowest BCUT2D eigenvalue weighted by Gasteiger charge is -2.36. The van der Waals surface area contributed by atoms with E-state index in [2.05, 4.69) is 26.8 Å². The molecule has 2 atom stereocenters. The van der Waals surface area contributed by atoms with Gasteiger partial charge < -0.3 is 14.4 Å². The highest BCUT2D eigenvalue weighted by Gasteiger charge is 2.57. The Morgan fingerprint density at radius 1 is 1.17 bits per heavy atom. The third-order valence-electron chi connectivity index (χ3n) is 7.08. The summed E-state index contributed by atoms with van der Waals surface area (Å²) in [6.45, 7) is 2.27. The number of likely N-dealkylation sites (tertiary alicyclic amines) is 1. The Bertz CT molecular complexity index is 1410. The Morgan fingerprint density at radius 3 is 2.75 bits per heavy atom. The summed E-state index contributed by atoms with van der Waals surface area (Å²) in [4.78, 5) is 24.5. The fraction of sp³-hybridized carbons (Fsp3) is 0.375. The molecule has 0 amide bonds. The molecule has 3 aliphatic rings. The minimum atomic E-state index is -4.64. The molecule has 5 heterocycles. The summed E-state index contributed by atoms with van der Waals surface area (Å²) in [7, 11) is 2.10. The second-order valence-electron chi connectivity index (χ2n) is 9.46. The average Bonchev–Trinajstić information content (AvgIpc) is 3.44. The quantitative estimate of drug-likeness (QED) is 0.494. The van der Waals surface area contributed by atoms with E-state index in [1.54, 1.807) is 10.6 Å². The molecule has 6 rings (SSSR count). The summed E-state index contributed by atoms with van der Waals surface area (Å²) in [5.74, 6) is -0.278. The van der Waals surface area contributed by atoms with Gasteiger partial charge in [0.1, 0.15) is 23.9 Å². The third kappa shape index (κ3) is 3.76. The number of nitrogens with zero attached hydrogens (tertiary/aromatic N) is 5. The van der Waals surface area contributed by atoms with E-state index in [0.29, 0.717) is 24.2 Å². The van der Waals surface area contributed by atoms with Crippen LogP contribution in [0.15, 0.2) is 47.4 Å². The highest BCUT2D eigenvalue weighted by molar-refractivity contribution is 5.53. The van der Waals surface area contributed by atoms with Gasteiger partial charge >= 0.3 is 11.9 Å². The number of halogens is 4. The van der Waals surface area contributed by atoms with Crippen LogP contribution in [0.4, 0.5) is 23.4 Å². The number of ether oxygens (including phenoxy) is 2. The number of aromatic nitrogens is 3. The number of pyridine rings is 1. The van der Waals surface area contributed by atoms with Crippen molar-refractivity contribution in [2.75, 3.05) is 25.0 Å². The first-order chi connectivity index (χ1) is 17.1. The summed E-state index contributed by atoms with van der Waals surface area (Å²) in [5.41, 5.74) is -1.17. The van der Waals surface area contributed by atoms with E-state index in [1.165, 1.54) is 18.2 Å². The highest BCUT2D eigenvalue weighted by atomic mass is 19.4. The molecule has 0 aliphatic carbocycles. The molecule has 36 heavy (non-hydrogen) atoms. The van der Waals surface area contributed by atoms with Gasteiger partial charge in [-0.3, -0.25) is 14.5 Å². The zero-order valence-corrected chi connectivity index (χ0v) is 19.1. The van der Waals surface area contributed by atoms with Crippen LogP contribution in [0.1, 0.15) is 17.7 Å². The van der Waals surface area contributed by atoms with Crippen molar-refractivity contribution in [3.8, 4) is 17.4 Å². The van der Waals surface area contributed by atoms with Crippen molar-refractivity contribution in [1.82, 2.24) is 19.4 Å². The van der Waals surface area contributed by atoms with Crippen LogP contribution in [-0.4, -0.2) is 51.2 Å². The molecule has 0 saturated carbocycles. The summed E-state index contributed by atoms with van der Waals surface area (Å²) in [6.07, 6.45) is -2.69. The number of benzene rings is 1. The van der Waals surface area contributed by atoms with Crippen molar-refractivity contribution in [2.24, 2.45) is 0 Å². The van der Waals surface area contributed by atoms with Crippen LogP contribution < -0.4 is 20.1 Å². The molecule has 188 valence electrons. The van der Waals surface area contributed by atoms with Gasteiger partial charge in [-0.15, -0.1) is 0 Å². The maximum atomic E-state index is 14.6. The van der Waals surface area contributed by atoms with Crippen molar-refractivity contribution in [2.45, 2.75) is 37.3 Å². The number of likely N-dealkylation sites (N-methyl/N-ethyl adjacent to an activating group) is 1. The molecule has 2 bridgehead atoms. The molecule has 3 aromatic rings. The Balaban J connectivity index is 1.16. The van der Waals surface area contributed by atoms with E-state index in [-0.39, 0.29) is 35.2 Å². The standard InChI is InChI=1S/C24H21F4N5O3/c1-31-12-23-9-15(31)10-33(23)21-8-20(30-22(34)32(21)13-23)35-11-14-2-3-18(17(25)6-14)36-16-4-5-29-19(7-16)24(26,27)28/h2-8,15H,9-13H2,1H3/t15-,23-/m0/s1. The summed E-state index contributed by atoms with van der Waals surface area (Å²) in [6, 6.07) is 8.09. The fourth-order valence-corrected chi connectivity index (χ4v) is 5.44. The van der Waals surface area contributed by atoms with Crippen LogP contribution in [0.25, 0.3) is 0 Å². The lowest BCUT2D eigenvalue weighted by molar-refractivity contribution is -0.141. The SMILES string of the molecule is CN1C[C@]23C[C@H]1CN2c1cc(OCc2ccc(Oc4ccnc(C(F)(F)F)c4)c(F)c2)nc(=O)n1C3. The van der Waals surface area contributed by atoms with Crippen LogP contribution in [0.2, 0.25) is 0 Å². The number of anilines is 1. The maximum absolute atomic E-state index is 14.6. The van der Waals surface area contributed by atoms with Crippen molar-refractivity contribution in [3.05, 3.63) is 70.2 Å². The van der Waals surface area contributed by atoms with E-state index in [9.17, 15) is 22.4 Å². The summed E-state index contributed by atoms with van der Waals surface area (Å²) >= 11 is 0. The Kier molecular flexibility index (Phi) is 5.01. The van der Waals surface area contributed by atoms with Crippen molar-refractivity contribution in [3.63, 3.8) is 0 Å². The lowest BCUT2D eigenvalue weighted by atomic mass is 10.0. The second kappa shape index (κ2) is 7.92. The molecule has 2 aromatic heterocycles. The van der Waals surface area contributed by atoms with Crippen LogP contribution in [0.3, 0.4) is 0 Å². The van der Waals surface area contributed by atoms with Crippen molar-refractivity contribution < 1.29 is 27.0 Å². The second-order valence-corrected chi connectivity index (χ2v) is 9.46. The van der Waals surface area contributed by atoms with Gasteiger partial charge in [0.2, 0.25) is 5.88 Å². The summed E-state index contributed by atoms with van der Waals surface area (Å²) < 4.78 is 65.8. The molecule has 2 saturated heterocycles. The monoisotopic (exact) mass is 503 g/mol. The van der Waals surface area contributed by atoms with Gasteiger partial charge in [0.05, 0.1) is 12.1 Å². The number of fused-ring (bicyclic) bond motifs is 3. The minimum Gasteiger partial charge on any atom is -0.473 e. The molecule has 0 unspecified atom stereocenters. The van der Waals surface area contributed by atoms with E-state index < -0.39 is 17.7 Å². The smallest absolute Gasteiger partial charge is 0.433 e. The molecule has 0 N–H and O–H groups in total. The lowest BCUT2D eigenvalue weighted by Crippen LogP contribution is -2.51. The van der Waals surface area contributed by atoms with Gasteiger partial charge in [0, 0.05) is 37.5 Å². The fourth-order valence-electron chi connectivity index (χ4n) is 5.44. The molecule has 8 nitrogen and oxygen atoms in total. The average molecular weight is 503 g/mol. The zero-order valence-electron chi connectivity index (χ0n) is 19.1. The van der Waals surface area contributed by atoms with Crippen molar-refractivity contribution >= 4 is 5.82 Å². The van der Waals surface area contributed by atoms with Gasteiger partial charge in [0.25, 0.3) is 0 Å². The number of alkyl halides is 3. The third-order valence-corrected chi connectivity index (χ3v) is 7.08. The minimum absolute atomic E-state index is 0.0585. The zero-order chi connectivity index (χ0) is 25.2. The van der Waals surface area contributed by atoms with Crippen molar-refractivity contribution in [1.29, 1.82) is 0 Å². The number of hydrogen-bond acceptors (Lipinski definition) is 7. The molecule has 1 aromatic carbocycles. The Hall–Kier alpha value is -3.67. The number of hydrogen-bond donors (Lipinski definition) is 0. The topological polar surface area (TPSA) is 72.7 Å². The van der Waals surface area contributed by atoms with Crippen LogP contribution in [0, 0.1) is 5.82 Å². The summed E-state index contributed by atoms with van der Waals surface area (Å²) in [5, 5.41) is 0. The van der Waals surface area contributed by atoms with Crippen LogP contribution in [-0.2, 0) is 19.3 Å². The largest absolute Gasteiger partial charge is 0.473 e. The maximum Gasteiger partial charge on any atom is 0.433 e. The van der Waals surface area contributed by atoms with Gasteiger partial charge in [-0.05, 0) is 37.2 Å². The first kappa shape index (κ1) is 22.8. The molecule has 3 aliphatic heterocycles. The van der Waals surface area contributed by atoms with E-state index in [0.717, 1.165) is 37.6 Å². The first-order valence-electron chi connectivity index (χ1n) is 11.3. The predicted octanol–water partition coefficient (Wildman–Crippen LogP) is 3.44. The van der Waals surface area contributed by atoms with E-state index in [1.807, 2.05) is 0 Å². The van der Waals surface area contributed by atoms with E-state index in [4.69, 9.17) is 9.47 Å². The highest BCUT2D eigenvalue weighted by Crippen LogP contribution is 2.47. The van der Waals surface area contributed by atoms with E-state index >= 15 is 0 Å². The molecular weight excluding hydrogens is 482 g/mol. The molecule has 0 radical (unpaired) electrons. The molecular formula is C24H21F4N5O3. The predicted molar refractivity (Wildman–Crippen MR) is 120 cm³/mol. The van der Waals surface area contributed by atoms with Crippen LogP contribution >= 0.6 is 0 Å². The van der Waals surface area contributed by atoms with Gasteiger partial charge in [-0.2, -0.15) is 18.2 Å². The first-order valence-corrected chi connectivity index (χ1v) is 11.3.